The van der Waals surface area contributed by atoms with Crippen LogP contribution in [0, 0.1) is 13.8 Å². The molecule has 2 unspecified atom stereocenters. The Morgan fingerprint density at radius 3 is 2.90 bits per heavy atom. The Bertz CT molecular complexity index is 490. The minimum Gasteiger partial charge on any atom is -0.480 e. The van der Waals surface area contributed by atoms with Crippen LogP contribution in [-0.2, 0) is 11.2 Å². The molecule has 2 aliphatic heterocycles. The highest BCUT2D eigenvalue weighted by Crippen LogP contribution is 2.31. The Hall–Kier alpha value is -1.55. The number of hydrogen-bond acceptors (Lipinski definition) is 3. The third-order valence-corrected chi connectivity index (χ3v) is 4.29. The minimum atomic E-state index is -0.367. The Morgan fingerprint density at radius 2 is 2.15 bits per heavy atom. The van der Waals surface area contributed by atoms with Crippen LogP contribution in [0.5, 0.6) is 5.75 Å². The average Bonchev–Trinajstić information content (AvgIpc) is 2.83. The lowest BCUT2D eigenvalue weighted by molar-refractivity contribution is -0.128. The van der Waals surface area contributed by atoms with Crippen molar-refractivity contribution < 1.29 is 9.53 Å². The molecule has 2 heterocycles. The van der Waals surface area contributed by atoms with Crippen LogP contribution in [0.1, 0.15) is 29.5 Å². The maximum atomic E-state index is 12.3. The highest BCUT2D eigenvalue weighted by molar-refractivity contribution is 5.82. The van der Waals surface area contributed by atoms with E-state index in [2.05, 4.69) is 30.5 Å². The lowest BCUT2D eigenvalue weighted by Gasteiger charge is -2.25. The third kappa shape index (κ3) is 2.66. The molecule has 0 aliphatic carbocycles. The summed E-state index contributed by atoms with van der Waals surface area (Å²) in [6, 6.07) is 4.42. The molecule has 20 heavy (non-hydrogen) atoms. The number of aryl methyl sites for hydroxylation is 2. The standard InChI is InChI=1S/C16H22N2O2/c1-10-6-12-8-15(20-14(12)7-11(10)2)16(19)18-13-4-3-5-17-9-13/h6-7,13,15,17H,3-5,8-9H2,1-2H3,(H,18,19). The van der Waals surface area contributed by atoms with Gasteiger partial charge in [-0.1, -0.05) is 6.07 Å². The number of carbonyl (C=O) groups is 1. The van der Waals surface area contributed by atoms with E-state index in [1.807, 2.05) is 6.07 Å². The molecule has 3 rings (SSSR count). The first-order valence-corrected chi connectivity index (χ1v) is 7.41. The molecule has 2 aliphatic rings. The summed E-state index contributed by atoms with van der Waals surface area (Å²) in [7, 11) is 0. The van der Waals surface area contributed by atoms with E-state index in [4.69, 9.17) is 4.74 Å². The van der Waals surface area contributed by atoms with E-state index >= 15 is 0 Å². The Kier molecular flexibility index (Phi) is 3.66. The molecule has 4 heteroatoms. The predicted molar refractivity (Wildman–Crippen MR) is 78.1 cm³/mol. The van der Waals surface area contributed by atoms with Crippen molar-refractivity contribution in [1.82, 2.24) is 10.6 Å². The molecular formula is C16H22N2O2. The summed E-state index contributed by atoms with van der Waals surface area (Å²) in [6.07, 6.45) is 2.49. The molecule has 1 aromatic rings. The first kappa shape index (κ1) is 13.4. The second kappa shape index (κ2) is 5.44. The van der Waals surface area contributed by atoms with Gasteiger partial charge in [0.2, 0.25) is 0 Å². The van der Waals surface area contributed by atoms with Crippen molar-refractivity contribution >= 4 is 5.91 Å². The van der Waals surface area contributed by atoms with Crippen LogP contribution >= 0.6 is 0 Å². The van der Waals surface area contributed by atoms with Gasteiger partial charge in [0.25, 0.3) is 5.91 Å². The minimum absolute atomic E-state index is 0.0187. The molecule has 0 spiro atoms. The molecule has 0 radical (unpaired) electrons. The first-order valence-electron chi connectivity index (χ1n) is 7.41. The number of benzene rings is 1. The van der Waals surface area contributed by atoms with Crippen molar-refractivity contribution in [2.75, 3.05) is 13.1 Å². The van der Waals surface area contributed by atoms with Crippen molar-refractivity contribution in [2.24, 2.45) is 0 Å². The summed E-state index contributed by atoms with van der Waals surface area (Å²) >= 11 is 0. The Balaban J connectivity index is 1.64. The van der Waals surface area contributed by atoms with Crippen molar-refractivity contribution in [1.29, 1.82) is 0 Å². The van der Waals surface area contributed by atoms with Crippen LogP contribution in [0.3, 0.4) is 0 Å². The number of ether oxygens (including phenoxy) is 1. The van der Waals surface area contributed by atoms with E-state index in [-0.39, 0.29) is 18.1 Å². The van der Waals surface area contributed by atoms with E-state index in [0.717, 1.165) is 37.2 Å². The van der Waals surface area contributed by atoms with E-state index in [9.17, 15) is 4.79 Å². The van der Waals surface area contributed by atoms with Crippen LogP contribution in [0.4, 0.5) is 0 Å². The molecule has 1 saturated heterocycles. The SMILES string of the molecule is Cc1cc2c(cc1C)OC(C(=O)NC1CCCNC1)C2. The largest absolute Gasteiger partial charge is 0.480 e. The number of rotatable bonds is 2. The zero-order chi connectivity index (χ0) is 14.1. The van der Waals surface area contributed by atoms with E-state index in [1.165, 1.54) is 11.1 Å². The fourth-order valence-corrected chi connectivity index (χ4v) is 2.93. The predicted octanol–water partition coefficient (Wildman–Crippen LogP) is 1.48. The van der Waals surface area contributed by atoms with Crippen molar-refractivity contribution in [3.8, 4) is 5.75 Å². The van der Waals surface area contributed by atoms with Crippen LogP contribution in [0.15, 0.2) is 12.1 Å². The smallest absolute Gasteiger partial charge is 0.261 e. The fourth-order valence-electron chi connectivity index (χ4n) is 2.93. The summed E-state index contributed by atoms with van der Waals surface area (Å²) in [5.41, 5.74) is 3.61. The number of piperidine rings is 1. The molecule has 2 atom stereocenters. The molecule has 1 aromatic carbocycles. The van der Waals surface area contributed by atoms with Gasteiger partial charge in [-0.3, -0.25) is 4.79 Å². The zero-order valence-electron chi connectivity index (χ0n) is 12.2. The van der Waals surface area contributed by atoms with Gasteiger partial charge >= 0.3 is 0 Å². The Labute approximate surface area is 119 Å². The monoisotopic (exact) mass is 274 g/mol. The van der Waals surface area contributed by atoms with Crippen LogP contribution in [-0.4, -0.2) is 31.1 Å². The van der Waals surface area contributed by atoms with Gasteiger partial charge in [-0.2, -0.15) is 0 Å². The van der Waals surface area contributed by atoms with Crippen LogP contribution in [0.25, 0.3) is 0 Å². The van der Waals surface area contributed by atoms with Crippen molar-refractivity contribution in [2.45, 2.75) is 45.3 Å². The molecule has 108 valence electrons. The molecule has 1 fully saturated rings. The third-order valence-electron chi connectivity index (χ3n) is 4.29. The molecule has 2 N–H and O–H groups in total. The summed E-state index contributed by atoms with van der Waals surface area (Å²) in [4.78, 5) is 12.3. The number of nitrogens with one attached hydrogen (secondary N) is 2. The van der Waals surface area contributed by atoms with Gasteiger partial charge in [-0.25, -0.2) is 0 Å². The van der Waals surface area contributed by atoms with E-state index in [1.54, 1.807) is 0 Å². The maximum Gasteiger partial charge on any atom is 0.261 e. The summed E-state index contributed by atoms with van der Waals surface area (Å²) in [6.45, 7) is 6.08. The van der Waals surface area contributed by atoms with Gasteiger partial charge < -0.3 is 15.4 Å². The summed E-state index contributed by atoms with van der Waals surface area (Å²) in [5.74, 6) is 0.889. The lowest BCUT2D eigenvalue weighted by Crippen LogP contribution is -2.49. The molecular weight excluding hydrogens is 252 g/mol. The number of carbonyl (C=O) groups excluding carboxylic acids is 1. The molecule has 1 amide bonds. The average molecular weight is 274 g/mol. The van der Waals surface area contributed by atoms with E-state index in [0.29, 0.717) is 6.42 Å². The van der Waals surface area contributed by atoms with Crippen LogP contribution in [0.2, 0.25) is 0 Å². The van der Waals surface area contributed by atoms with Crippen molar-refractivity contribution in [3.63, 3.8) is 0 Å². The molecule has 0 aromatic heterocycles. The molecule has 0 saturated carbocycles. The van der Waals surface area contributed by atoms with Gasteiger partial charge in [0.1, 0.15) is 5.75 Å². The topological polar surface area (TPSA) is 50.4 Å². The second-order valence-corrected chi connectivity index (χ2v) is 5.91. The summed E-state index contributed by atoms with van der Waals surface area (Å²) in [5, 5.41) is 6.41. The number of amides is 1. The zero-order valence-corrected chi connectivity index (χ0v) is 12.2. The highest BCUT2D eigenvalue weighted by Gasteiger charge is 2.30. The fraction of sp³-hybridized carbons (Fsp3) is 0.562. The van der Waals surface area contributed by atoms with Crippen LogP contribution < -0.4 is 15.4 Å². The number of hydrogen-bond donors (Lipinski definition) is 2. The number of fused-ring (bicyclic) bond motifs is 1. The van der Waals surface area contributed by atoms with E-state index < -0.39 is 0 Å². The van der Waals surface area contributed by atoms with Gasteiger partial charge in [0.15, 0.2) is 6.10 Å². The molecule has 0 bridgehead atoms. The Morgan fingerprint density at radius 1 is 1.35 bits per heavy atom. The van der Waals surface area contributed by atoms with Gasteiger partial charge in [-0.05, 0) is 56.0 Å². The highest BCUT2D eigenvalue weighted by atomic mass is 16.5. The van der Waals surface area contributed by atoms with Gasteiger partial charge in [0, 0.05) is 19.0 Å². The second-order valence-electron chi connectivity index (χ2n) is 5.91. The maximum absolute atomic E-state index is 12.3. The normalized spacial score (nSPS) is 24.9. The van der Waals surface area contributed by atoms with Crippen molar-refractivity contribution in [3.05, 3.63) is 28.8 Å². The molecule has 4 nitrogen and oxygen atoms in total. The quantitative estimate of drug-likeness (QED) is 0.859. The van der Waals surface area contributed by atoms with Gasteiger partial charge in [-0.15, -0.1) is 0 Å². The first-order chi connectivity index (χ1) is 9.63. The summed E-state index contributed by atoms with van der Waals surface area (Å²) < 4.78 is 5.81. The lowest BCUT2D eigenvalue weighted by atomic mass is 10.0. The van der Waals surface area contributed by atoms with Gasteiger partial charge in [0.05, 0.1) is 0 Å².